The van der Waals surface area contributed by atoms with Gasteiger partial charge in [0.2, 0.25) is 11.7 Å². The lowest BCUT2D eigenvalue weighted by Crippen LogP contribution is -2.62. The Bertz CT molecular complexity index is 1750. The highest BCUT2D eigenvalue weighted by atomic mass is 19.2. The van der Waals surface area contributed by atoms with Crippen molar-refractivity contribution in [2.45, 2.75) is 75.7 Å². The van der Waals surface area contributed by atoms with Crippen LogP contribution < -0.4 is 10.1 Å². The van der Waals surface area contributed by atoms with Crippen LogP contribution in [0.1, 0.15) is 55.2 Å². The number of benzene rings is 3. The van der Waals surface area contributed by atoms with E-state index in [1.165, 1.54) is 0 Å². The summed E-state index contributed by atoms with van der Waals surface area (Å²) in [5.74, 6) is -5.87. The first-order valence-corrected chi connectivity index (χ1v) is 16.9. The van der Waals surface area contributed by atoms with Crippen LogP contribution >= 0.6 is 0 Å². The zero-order valence-electron chi connectivity index (χ0n) is 27.5. The van der Waals surface area contributed by atoms with Gasteiger partial charge in [-0.15, -0.1) is 0 Å². The fraction of sp³-hybridized carbons (Fsp3) is 0.395. The van der Waals surface area contributed by atoms with E-state index in [0.717, 1.165) is 41.2 Å². The maximum atomic E-state index is 14.6. The molecule has 3 atom stereocenters. The summed E-state index contributed by atoms with van der Waals surface area (Å²) in [7, 11) is 0. The molecule has 3 aromatic carbocycles. The van der Waals surface area contributed by atoms with Crippen molar-refractivity contribution in [2.75, 3.05) is 19.7 Å². The number of rotatable bonds is 14. The molecule has 264 valence electrons. The summed E-state index contributed by atoms with van der Waals surface area (Å²) in [6.45, 7) is 0.986. The number of carboxylic acids is 1. The highest BCUT2D eigenvalue weighted by molar-refractivity contribution is 6.03. The number of carbonyl (C=O) groups excluding carboxylic acids is 2. The fourth-order valence-corrected chi connectivity index (χ4v) is 6.83. The number of hydrogen-bond acceptors (Lipinski definition) is 6. The highest BCUT2D eigenvalue weighted by Crippen LogP contribution is 2.37. The van der Waals surface area contributed by atoms with E-state index >= 15 is 0 Å². The second-order valence-corrected chi connectivity index (χ2v) is 13.2. The van der Waals surface area contributed by atoms with E-state index in [2.05, 4.69) is 5.32 Å². The predicted octanol–water partition coefficient (Wildman–Crippen LogP) is 4.86. The maximum Gasteiger partial charge on any atom is 0.305 e. The van der Waals surface area contributed by atoms with Gasteiger partial charge in [-0.1, -0.05) is 54.6 Å². The number of carboxylic acid groups (broad SMARTS) is 1. The summed E-state index contributed by atoms with van der Waals surface area (Å²) in [6.07, 6.45) is 1.11. The van der Waals surface area contributed by atoms with E-state index in [-0.39, 0.29) is 43.5 Å². The number of ether oxygens (including phenoxy) is 1. The number of nitrogens with zero attached hydrogens (tertiary/aromatic N) is 2. The normalized spacial score (nSPS) is 19.2. The van der Waals surface area contributed by atoms with E-state index in [0.29, 0.717) is 44.0 Å². The first-order valence-electron chi connectivity index (χ1n) is 16.9. The molecule has 1 aliphatic carbocycles. The Morgan fingerprint density at radius 3 is 2.34 bits per heavy atom. The van der Waals surface area contributed by atoms with Gasteiger partial charge in [0.05, 0.1) is 31.6 Å². The molecule has 2 aliphatic heterocycles. The van der Waals surface area contributed by atoms with Crippen LogP contribution in [0, 0.1) is 17.5 Å². The zero-order chi connectivity index (χ0) is 35.4. The molecule has 0 spiro atoms. The van der Waals surface area contributed by atoms with Crippen LogP contribution in [-0.4, -0.2) is 81.7 Å². The summed E-state index contributed by atoms with van der Waals surface area (Å²) in [5, 5.41) is 22.7. The third-order valence-electron chi connectivity index (χ3n) is 9.41. The molecule has 0 radical (unpaired) electrons. The van der Waals surface area contributed by atoms with Gasteiger partial charge in [0.25, 0.3) is 5.91 Å². The highest BCUT2D eigenvalue weighted by Gasteiger charge is 2.43. The number of nitrogens with one attached hydrogen (secondary N) is 1. The molecule has 2 bridgehead atoms. The van der Waals surface area contributed by atoms with Gasteiger partial charge in [0.15, 0.2) is 17.4 Å². The molecule has 0 aromatic heterocycles. The molecular weight excluding hydrogens is 651 g/mol. The lowest BCUT2D eigenvalue weighted by Gasteiger charge is -2.45. The predicted molar refractivity (Wildman–Crippen MR) is 178 cm³/mol. The number of amides is 2. The van der Waals surface area contributed by atoms with Gasteiger partial charge < -0.3 is 30.1 Å². The number of halogens is 3. The van der Waals surface area contributed by atoms with Crippen molar-refractivity contribution < 1.29 is 42.5 Å². The Morgan fingerprint density at radius 2 is 1.64 bits per heavy atom. The van der Waals surface area contributed by atoms with Crippen LogP contribution in [0.25, 0.3) is 5.57 Å². The Balaban J connectivity index is 1.22. The minimum atomic E-state index is -1.35. The summed E-state index contributed by atoms with van der Waals surface area (Å²) in [6, 6.07) is 18.6. The van der Waals surface area contributed by atoms with E-state index in [9.17, 15) is 32.7 Å². The Morgan fingerprint density at radius 1 is 0.920 bits per heavy atom. The number of aliphatic carboxylic acids is 1. The third-order valence-corrected chi connectivity index (χ3v) is 9.41. The number of hydrogen-bond donors (Lipinski definition) is 3. The molecule has 3 unspecified atom stereocenters. The Hall–Kier alpha value is -4.68. The SMILES string of the molecule is O=C(O)CC(O)CC(=O)N1CC2CC(c3ccc(CCCOc4c(F)ccc(F)c4F)cc3)=C(C(=O)N(Cc3ccccc3)C3CC3)C(C1)N2. The van der Waals surface area contributed by atoms with Crippen molar-refractivity contribution in [2.24, 2.45) is 0 Å². The molecule has 1 saturated heterocycles. The molecule has 2 fully saturated rings. The number of aliphatic hydroxyl groups excluding tert-OH is 1. The first-order chi connectivity index (χ1) is 24.1. The molecule has 2 amide bonds. The van der Waals surface area contributed by atoms with Crippen LogP contribution in [0.3, 0.4) is 0 Å². The van der Waals surface area contributed by atoms with E-state index in [1.54, 1.807) is 4.90 Å². The molecule has 3 aromatic rings. The average Bonchev–Trinajstić information content (AvgIpc) is 3.94. The van der Waals surface area contributed by atoms with Gasteiger partial charge in [0, 0.05) is 37.3 Å². The first kappa shape index (κ1) is 35.2. The smallest absolute Gasteiger partial charge is 0.305 e. The van der Waals surface area contributed by atoms with Crippen LogP contribution in [-0.2, 0) is 27.3 Å². The number of carbonyl (C=O) groups is 3. The summed E-state index contributed by atoms with van der Waals surface area (Å²) in [5.41, 5.74) is 4.32. The van der Waals surface area contributed by atoms with Gasteiger partial charge in [-0.05, 0) is 66.5 Å². The van der Waals surface area contributed by atoms with Crippen molar-refractivity contribution in [3.8, 4) is 5.75 Å². The van der Waals surface area contributed by atoms with E-state index < -0.39 is 47.7 Å². The summed E-state index contributed by atoms with van der Waals surface area (Å²) >= 11 is 0. The largest absolute Gasteiger partial charge is 0.488 e. The third kappa shape index (κ3) is 8.36. The summed E-state index contributed by atoms with van der Waals surface area (Å²) in [4.78, 5) is 42.4. The average molecular weight is 692 g/mol. The van der Waals surface area contributed by atoms with Crippen LogP contribution in [0.2, 0.25) is 0 Å². The van der Waals surface area contributed by atoms with Crippen LogP contribution in [0.5, 0.6) is 5.75 Å². The molecular formula is C38H40F3N3O6. The van der Waals surface area contributed by atoms with Gasteiger partial charge in [-0.3, -0.25) is 14.4 Å². The quantitative estimate of drug-likeness (QED) is 0.163. The summed E-state index contributed by atoms with van der Waals surface area (Å²) < 4.78 is 46.6. The van der Waals surface area contributed by atoms with Gasteiger partial charge in [-0.2, -0.15) is 4.39 Å². The van der Waals surface area contributed by atoms with Crippen LogP contribution in [0.4, 0.5) is 13.2 Å². The molecule has 12 heteroatoms. The van der Waals surface area contributed by atoms with E-state index in [1.807, 2.05) is 59.5 Å². The number of aliphatic hydroxyl groups is 1. The van der Waals surface area contributed by atoms with Crippen molar-refractivity contribution in [1.29, 1.82) is 0 Å². The molecule has 2 heterocycles. The minimum Gasteiger partial charge on any atom is -0.488 e. The van der Waals surface area contributed by atoms with Gasteiger partial charge in [0.1, 0.15) is 0 Å². The van der Waals surface area contributed by atoms with Crippen molar-refractivity contribution in [3.63, 3.8) is 0 Å². The molecule has 1 saturated carbocycles. The number of fused-ring (bicyclic) bond motifs is 2. The standard InChI is InChI=1S/C38H40F3N3O6/c39-30-14-15-31(40)37(36(30)41)50-16-4-7-23-8-10-25(11-9-23)29-17-26-21-43(33(46)18-28(45)19-34(47)48)22-32(42-26)35(29)38(49)44(27-12-13-27)20-24-5-2-1-3-6-24/h1-3,5-6,8-11,14-15,26-28,32,42,45H,4,7,12-13,16-22H2,(H,47,48). The number of piperazine rings is 1. The molecule has 6 rings (SSSR count). The van der Waals surface area contributed by atoms with Crippen molar-refractivity contribution in [3.05, 3.63) is 106 Å². The van der Waals surface area contributed by atoms with E-state index in [4.69, 9.17) is 9.84 Å². The molecule has 9 nitrogen and oxygen atoms in total. The van der Waals surface area contributed by atoms with Crippen molar-refractivity contribution in [1.82, 2.24) is 15.1 Å². The molecule has 3 N–H and O–H groups in total. The monoisotopic (exact) mass is 691 g/mol. The Kier molecular flexibility index (Phi) is 10.9. The fourth-order valence-electron chi connectivity index (χ4n) is 6.83. The van der Waals surface area contributed by atoms with Gasteiger partial charge in [-0.25, -0.2) is 8.78 Å². The minimum absolute atomic E-state index is 0.0150. The Labute approximate surface area is 288 Å². The van der Waals surface area contributed by atoms with Crippen LogP contribution in [0.15, 0.2) is 72.3 Å². The molecule has 50 heavy (non-hydrogen) atoms. The second kappa shape index (κ2) is 15.5. The lowest BCUT2D eigenvalue weighted by molar-refractivity contribution is -0.141. The van der Waals surface area contributed by atoms with Crippen molar-refractivity contribution >= 4 is 23.4 Å². The topological polar surface area (TPSA) is 119 Å². The van der Waals surface area contributed by atoms with Gasteiger partial charge >= 0.3 is 5.97 Å². The second-order valence-electron chi connectivity index (χ2n) is 13.2. The maximum absolute atomic E-state index is 14.6. The zero-order valence-corrected chi connectivity index (χ0v) is 27.5. The molecule has 3 aliphatic rings. The lowest BCUT2D eigenvalue weighted by atomic mass is 9.82. The number of aryl methyl sites for hydroxylation is 1.